The molecule has 0 saturated heterocycles. The first-order valence-electron chi connectivity index (χ1n) is 6.89. The number of hydrogen-bond acceptors (Lipinski definition) is 4. The van der Waals surface area contributed by atoms with Crippen LogP contribution in [-0.2, 0) is 0 Å². The van der Waals surface area contributed by atoms with Gasteiger partial charge in [0.15, 0.2) is 0 Å². The van der Waals surface area contributed by atoms with Crippen molar-refractivity contribution in [2.75, 3.05) is 17.6 Å². The predicted octanol–water partition coefficient (Wildman–Crippen LogP) is 3.99. The Morgan fingerprint density at radius 1 is 1.26 bits per heavy atom. The highest BCUT2D eigenvalue weighted by Gasteiger charge is 2.20. The van der Waals surface area contributed by atoms with Crippen LogP contribution in [0.4, 0.5) is 10.8 Å². The van der Waals surface area contributed by atoms with E-state index in [2.05, 4.69) is 21.8 Å². The number of nitrogens with two attached hydrogens (primary N) is 1. The van der Waals surface area contributed by atoms with Crippen LogP contribution in [0.1, 0.15) is 25.7 Å². The molecule has 2 aromatic rings. The zero-order valence-electron chi connectivity index (χ0n) is 10.9. The van der Waals surface area contributed by atoms with Crippen molar-refractivity contribution in [3.8, 4) is 11.1 Å². The van der Waals surface area contributed by atoms with Crippen molar-refractivity contribution in [1.82, 2.24) is 4.37 Å². The Kier molecular flexibility index (Phi) is 3.69. The Morgan fingerprint density at radius 2 is 2.05 bits per heavy atom. The zero-order valence-corrected chi connectivity index (χ0v) is 11.7. The molecule has 0 spiro atoms. The van der Waals surface area contributed by atoms with Crippen LogP contribution >= 0.6 is 11.5 Å². The lowest BCUT2D eigenvalue weighted by molar-refractivity contribution is 0.688. The molecule has 0 atom stereocenters. The van der Waals surface area contributed by atoms with Crippen LogP contribution in [-0.4, -0.2) is 10.9 Å². The van der Waals surface area contributed by atoms with Crippen molar-refractivity contribution < 1.29 is 0 Å². The summed E-state index contributed by atoms with van der Waals surface area (Å²) in [6, 6.07) is 10.2. The van der Waals surface area contributed by atoms with Crippen molar-refractivity contribution in [2.24, 2.45) is 5.92 Å². The molecular formula is C15H19N3S. The first-order chi connectivity index (χ1) is 9.34. The lowest BCUT2D eigenvalue weighted by Crippen LogP contribution is -2.01. The van der Waals surface area contributed by atoms with Crippen molar-refractivity contribution in [3.63, 3.8) is 0 Å². The average Bonchev–Trinajstić information content (AvgIpc) is 3.19. The summed E-state index contributed by atoms with van der Waals surface area (Å²) < 4.78 is 4.28. The maximum absolute atomic E-state index is 6.00. The Labute approximate surface area is 118 Å². The third kappa shape index (κ3) is 3.07. The van der Waals surface area contributed by atoms with E-state index < -0.39 is 0 Å². The summed E-state index contributed by atoms with van der Waals surface area (Å²) in [5, 5.41) is 4.59. The summed E-state index contributed by atoms with van der Waals surface area (Å²) >= 11 is 1.46. The zero-order chi connectivity index (χ0) is 13.1. The van der Waals surface area contributed by atoms with Crippen LogP contribution < -0.4 is 11.1 Å². The number of nitrogens with one attached hydrogen (secondary N) is 1. The van der Waals surface area contributed by atoms with E-state index in [0.717, 1.165) is 28.6 Å². The number of anilines is 2. The van der Waals surface area contributed by atoms with Gasteiger partial charge in [-0.15, -0.1) is 0 Å². The summed E-state index contributed by atoms with van der Waals surface area (Å²) in [6.07, 6.45) is 5.45. The highest BCUT2D eigenvalue weighted by atomic mass is 32.1. The van der Waals surface area contributed by atoms with Crippen LogP contribution in [0.25, 0.3) is 11.1 Å². The van der Waals surface area contributed by atoms with Gasteiger partial charge >= 0.3 is 0 Å². The van der Waals surface area contributed by atoms with E-state index in [1.807, 2.05) is 18.2 Å². The predicted molar refractivity (Wildman–Crippen MR) is 82.4 cm³/mol. The maximum Gasteiger partial charge on any atom is 0.147 e. The van der Waals surface area contributed by atoms with Gasteiger partial charge in [-0.3, -0.25) is 0 Å². The van der Waals surface area contributed by atoms with Gasteiger partial charge in [-0.25, -0.2) is 0 Å². The van der Waals surface area contributed by atoms with Crippen LogP contribution in [0.5, 0.6) is 0 Å². The van der Waals surface area contributed by atoms with Gasteiger partial charge in [-0.2, -0.15) is 4.37 Å². The molecule has 0 unspecified atom stereocenters. The van der Waals surface area contributed by atoms with Crippen molar-refractivity contribution in [3.05, 3.63) is 30.3 Å². The molecule has 0 amide bonds. The third-order valence-corrected chi connectivity index (χ3v) is 4.37. The lowest BCUT2D eigenvalue weighted by atomic mass is 10.1. The van der Waals surface area contributed by atoms with Gasteiger partial charge in [-0.05, 0) is 35.9 Å². The molecule has 1 aliphatic rings. The second-order valence-electron chi connectivity index (χ2n) is 5.15. The maximum atomic E-state index is 6.00. The number of nitrogen functional groups attached to an aromatic ring is 1. The molecule has 0 aliphatic heterocycles. The number of aromatic nitrogens is 1. The van der Waals surface area contributed by atoms with Gasteiger partial charge in [0.2, 0.25) is 0 Å². The molecule has 3 rings (SSSR count). The minimum Gasteiger partial charge on any atom is -0.382 e. The smallest absolute Gasteiger partial charge is 0.147 e. The van der Waals surface area contributed by atoms with E-state index in [1.54, 1.807) is 0 Å². The van der Waals surface area contributed by atoms with Gasteiger partial charge in [0, 0.05) is 6.54 Å². The van der Waals surface area contributed by atoms with Crippen LogP contribution in [0.2, 0.25) is 0 Å². The van der Waals surface area contributed by atoms with E-state index in [0.29, 0.717) is 5.82 Å². The Hall–Kier alpha value is -1.55. The molecule has 0 bridgehead atoms. The molecule has 3 N–H and O–H groups in total. The van der Waals surface area contributed by atoms with Crippen LogP contribution in [0.3, 0.4) is 0 Å². The SMILES string of the molecule is Nc1nsc(NCCCC2CC2)c1-c1ccccc1. The summed E-state index contributed by atoms with van der Waals surface area (Å²) in [5.74, 6) is 1.63. The fraction of sp³-hybridized carbons (Fsp3) is 0.400. The summed E-state index contributed by atoms with van der Waals surface area (Å²) in [5.41, 5.74) is 8.19. The highest BCUT2D eigenvalue weighted by molar-refractivity contribution is 7.11. The Morgan fingerprint density at radius 3 is 2.79 bits per heavy atom. The Bertz CT molecular complexity index is 532. The van der Waals surface area contributed by atoms with Crippen molar-refractivity contribution >= 4 is 22.4 Å². The lowest BCUT2D eigenvalue weighted by Gasteiger charge is -2.07. The number of benzene rings is 1. The average molecular weight is 273 g/mol. The molecule has 1 aromatic heterocycles. The normalized spacial score (nSPS) is 14.5. The molecule has 1 aliphatic carbocycles. The largest absolute Gasteiger partial charge is 0.382 e. The van der Waals surface area contributed by atoms with E-state index in [1.165, 1.54) is 37.2 Å². The van der Waals surface area contributed by atoms with Crippen molar-refractivity contribution in [2.45, 2.75) is 25.7 Å². The fourth-order valence-electron chi connectivity index (χ4n) is 2.31. The molecule has 4 heteroatoms. The molecule has 1 saturated carbocycles. The minimum atomic E-state index is 0.626. The first kappa shape index (κ1) is 12.5. The third-order valence-electron chi connectivity index (χ3n) is 3.55. The fourth-order valence-corrected chi connectivity index (χ4v) is 3.07. The van der Waals surface area contributed by atoms with E-state index in [-0.39, 0.29) is 0 Å². The van der Waals surface area contributed by atoms with Gasteiger partial charge in [0.25, 0.3) is 0 Å². The van der Waals surface area contributed by atoms with Crippen molar-refractivity contribution in [1.29, 1.82) is 0 Å². The molecular weight excluding hydrogens is 254 g/mol. The van der Waals surface area contributed by atoms with E-state index in [4.69, 9.17) is 5.73 Å². The minimum absolute atomic E-state index is 0.626. The van der Waals surface area contributed by atoms with E-state index >= 15 is 0 Å². The summed E-state index contributed by atoms with van der Waals surface area (Å²) in [4.78, 5) is 0. The standard InChI is InChI=1S/C15H19N3S/c16-14-13(12-6-2-1-3-7-12)15(19-18-14)17-10-4-5-11-8-9-11/h1-3,6-7,11,17H,4-5,8-10H2,(H2,16,18). The van der Waals surface area contributed by atoms with Gasteiger partial charge in [0.1, 0.15) is 10.8 Å². The molecule has 100 valence electrons. The van der Waals surface area contributed by atoms with Gasteiger partial charge < -0.3 is 11.1 Å². The van der Waals surface area contributed by atoms with E-state index in [9.17, 15) is 0 Å². The molecule has 19 heavy (non-hydrogen) atoms. The molecule has 1 heterocycles. The highest BCUT2D eigenvalue weighted by Crippen LogP contribution is 2.37. The molecule has 0 radical (unpaired) electrons. The molecule has 3 nitrogen and oxygen atoms in total. The quantitative estimate of drug-likeness (QED) is 0.782. The monoisotopic (exact) mass is 273 g/mol. The second-order valence-corrected chi connectivity index (χ2v) is 5.92. The summed E-state index contributed by atoms with van der Waals surface area (Å²) in [7, 11) is 0. The number of nitrogens with zero attached hydrogens (tertiary/aromatic N) is 1. The number of rotatable bonds is 6. The Balaban J connectivity index is 1.67. The molecule has 1 aromatic carbocycles. The second kappa shape index (κ2) is 5.61. The van der Waals surface area contributed by atoms with Crippen LogP contribution in [0, 0.1) is 5.92 Å². The number of hydrogen-bond donors (Lipinski definition) is 2. The van der Waals surface area contributed by atoms with Crippen LogP contribution in [0.15, 0.2) is 30.3 Å². The summed E-state index contributed by atoms with van der Waals surface area (Å²) in [6.45, 7) is 1.01. The molecule has 1 fully saturated rings. The van der Waals surface area contributed by atoms with Gasteiger partial charge in [-0.1, -0.05) is 43.2 Å². The van der Waals surface area contributed by atoms with Gasteiger partial charge in [0.05, 0.1) is 5.56 Å². The topological polar surface area (TPSA) is 50.9 Å². The first-order valence-corrected chi connectivity index (χ1v) is 7.66.